The molecule has 1 aliphatic heterocycles. The van der Waals surface area contributed by atoms with E-state index in [1.165, 1.54) is 58.8 Å². The Labute approximate surface area is 368 Å². The Hall–Kier alpha value is -2.70. The molecule has 2 amide bonds. The molecule has 0 spiro atoms. The standard InChI is InChI=1S/C35H60N7O17P3S/c1-4-5-6-7-8-9-10-11-12-13-14-15-26(44)63-19-18-37-25(43)16-17-38-33(47)30(46)35(2,3)21-56-62(53,54)59-61(51,52)55-20-24-29(58-60(48,49)50)28(45)34(57-24)42-23-41-27-31(36)39-22-40-32(27)42/h13-14,22-24,28-30,34,45-46H,4-12,15-21H2,1-3H3,(H,37,43)(H,38,47)(H,51,52)(H,53,54)(H2,36,39,40)(H2,48,49,50)/p-4/b14-13+/t24-,28-,29-,30+,34-/m1/s1. The molecule has 0 aliphatic carbocycles. The number of nitrogens with two attached hydrogens (primary N) is 1. The Balaban J connectivity index is 1.37. The number of carbonyl (C=O) groups is 3. The molecule has 0 saturated carbocycles. The zero-order chi connectivity index (χ0) is 46.8. The van der Waals surface area contributed by atoms with Crippen molar-refractivity contribution < 1.29 is 80.5 Å². The molecule has 2 aromatic rings. The van der Waals surface area contributed by atoms with Crippen LogP contribution in [0.2, 0.25) is 0 Å². The number of phosphoric ester groups is 3. The van der Waals surface area contributed by atoms with Gasteiger partial charge in [-0.2, -0.15) is 0 Å². The molecular weight excluding hydrogens is 915 g/mol. The normalized spacial score (nSPS) is 20.7. The van der Waals surface area contributed by atoms with Gasteiger partial charge in [0.15, 0.2) is 22.8 Å². The van der Waals surface area contributed by atoms with Crippen molar-refractivity contribution in [2.75, 3.05) is 37.8 Å². The average Bonchev–Trinajstić information content (AvgIpc) is 3.76. The minimum atomic E-state index is -5.92. The molecule has 1 saturated heterocycles. The van der Waals surface area contributed by atoms with E-state index >= 15 is 0 Å². The first-order chi connectivity index (χ1) is 29.6. The quantitative estimate of drug-likeness (QED) is 0.0407. The Bertz CT molecular complexity index is 1970. The predicted molar refractivity (Wildman–Crippen MR) is 219 cm³/mol. The van der Waals surface area contributed by atoms with Gasteiger partial charge >= 0.3 is 0 Å². The number of nitrogens with zero attached hydrogens (tertiary/aromatic N) is 4. The maximum absolute atomic E-state index is 12.6. The van der Waals surface area contributed by atoms with Gasteiger partial charge in [-0.15, -0.1) is 0 Å². The fourth-order valence-electron chi connectivity index (χ4n) is 6.02. The van der Waals surface area contributed by atoms with Crippen molar-refractivity contribution in [2.45, 2.75) is 122 Å². The van der Waals surface area contributed by atoms with Crippen molar-refractivity contribution in [1.29, 1.82) is 0 Å². The molecule has 0 radical (unpaired) electrons. The van der Waals surface area contributed by atoms with E-state index in [-0.39, 0.29) is 41.6 Å². The lowest BCUT2D eigenvalue weighted by Crippen LogP contribution is -2.46. The number of aliphatic hydroxyl groups excluding tert-OH is 2. The highest BCUT2D eigenvalue weighted by Crippen LogP contribution is 2.56. The molecule has 24 nitrogen and oxygen atoms in total. The largest absolute Gasteiger partial charge is 0.790 e. The number of rotatable bonds is 30. The monoisotopic (exact) mass is 971 g/mol. The third kappa shape index (κ3) is 19.4. The fraction of sp³-hybridized carbons (Fsp3) is 0.714. The van der Waals surface area contributed by atoms with Gasteiger partial charge in [0, 0.05) is 37.1 Å². The Kier molecular flexibility index (Phi) is 22.4. The summed E-state index contributed by atoms with van der Waals surface area (Å²) in [7, 11) is -17.6. The second-order valence-electron chi connectivity index (χ2n) is 15.1. The number of anilines is 1. The third-order valence-electron chi connectivity index (χ3n) is 9.42. The maximum atomic E-state index is 12.6. The van der Waals surface area contributed by atoms with E-state index in [1.54, 1.807) is 0 Å². The highest BCUT2D eigenvalue weighted by atomic mass is 32.2. The predicted octanol–water partition coefficient (Wildman–Crippen LogP) is 0.614. The number of nitrogen functional groups attached to an aromatic ring is 1. The van der Waals surface area contributed by atoms with Gasteiger partial charge < -0.3 is 69.0 Å². The number of fused-ring (bicyclic) bond motifs is 1. The van der Waals surface area contributed by atoms with Crippen LogP contribution in [0.3, 0.4) is 0 Å². The zero-order valence-corrected chi connectivity index (χ0v) is 38.6. The second kappa shape index (κ2) is 25.9. The summed E-state index contributed by atoms with van der Waals surface area (Å²) in [4.78, 5) is 96.5. The highest BCUT2D eigenvalue weighted by Gasteiger charge is 2.47. The second-order valence-corrected chi connectivity index (χ2v) is 20.4. The summed E-state index contributed by atoms with van der Waals surface area (Å²) in [5, 5.41) is 26.3. The number of hydrogen-bond acceptors (Lipinski definition) is 22. The van der Waals surface area contributed by atoms with Crippen LogP contribution in [0.15, 0.2) is 24.8 Å². The molecule has 28 heteroatoms. The molecule has 1 aliphatic rings. The number of ether oxygens (including phenoxy) is 1. The number of unbranched alkanes of at least 4 members (excludes halogenated alkanes) is 8. The molecule has 7 atom stereocenters. The van der Waals surface area contributed by atoms with Gasteiger partial charge in [0.2, 0.25) is 11.8 Å². The number of carbonyl (C=O) groups excluding carboxylic acids is 3. The third-order valence-corrected chi connectivity index (χ3v) is 13.3. The van der Waals surface area contributed by atoms with E-state index in [0.29, 0.717) is 12.2 Å². The number of aromatic nitrogens is 4. The Morgan fingerprint density at radius 1 is 0.984 bits per heavy atom. The number of phosphoric acid groups is 3. The number of aliphatic hydroxyl groups is 2. The molecule has 2 unspecified atom stereocenters. The SMILES string of the molecule is CCCCCCCCCC/C=C/CC(=O)SCCNC(=O)CCNC(=O)[C@H](O)C(C)(C)COP(=O)([O-])OP(=O)([O-])OC[C@H]1O[C@@H](n2cnc3c(N)ncnc32)[C@H](O)[C@@H]1OP(=O)([O-])[O-]. The summed E-state index contributed by atoms with van der Waals surface area (Å²) < 4.78 is 60.7. The first kappa shape index (κ1) is 54.6. The van der Waals surface area contributed by atoms with E-state index in [0.717, 1.165) is 41.8 Å². The molecule has 3 rings (SSSR count). The average molecular weight is 972 g/mol. The van der Waals surface area contributed by atoms with Gasteiger partial charge in [-0.3, -0.25) is 28.1 Å². The summed E-state index contributed by atoms with van der Waals surface area (Å²) in [6.07, 6.45) is 7.40. The Morgan fingerprint density at radius 3 is 2.33 bits per heavy atom. The number of amides is 2. The van der Waals surface area contributed by atoms with Crippen LogP contribution in [0.5, 0.6) is 0 Å². The summed E-state index contributed by atoms with van der Waals surface area (Å²) in [6.45, 7) is 2.33. The van der Waals surface area contributed by atoms with Gasteiger partial charge in [0.25, 0.3) is 15.6 Å². The van der Waals surface area contributed by atoms with Crippen molar-refractivity contribution >= 4 is 69.1 Å². The molecule has 6 N–H and O–H groups in total. The topological polar surface area (TPSA) is 375 Å². The van der Waals surface area contributed by atoms with Crippen molar-refractivity contribution in [3.05, 3.63) is 24.8 Å². The van der Waals surface area contributed by atoms with E-state index < -0.39 is 84.6 Å². The molecule has 0 bridgehead atoms. The molecule has 358 valence electrons. The van der Waals surface area contributed by atoms with Crippen LogP contribution in [0.1, 0.15) is 97.6 Å². The van der Waals surface area contributed by atoms with E-state index in [4.69, 9.17) is 10.5 Å². The lowest BCUT2D eigenvalue weighted by atomic mass is 9.87. The van der Waals surface area contributed by atoms with E-state index in [9.17, 15) is 57.9 Å². The summed E-state index contributed by atoms with van der Waals surface area (Å²) in [5.41, 5.74) is 4.08. The molecule has 1 fully saturated rings. The van der Waals surface area contributed by atoms with Crippen LogP contribution in [-0.2, 0) is 50.7 Å². The molecule has 63 heavy (non-hydrogen) atoms. The number of thioether (sulfide) groups is 1. The van der Waals surface area contributed by atoms with Crippen LogP contribution >= 0.6 is 35.2 Å². The minimum Gasteiger partial charge on any atom is -0.790 e. The smallest absolute Gasteiger partial charge is 0.274 e. The highest BCUT2D eigenvalue weighted by molar-refractivity contribution is 8.13. The molecular formula is C35H56N7O17P3S-4. The van der Waals surface area contributed by atoms with Crippen molar-refractivity contribution in [3.8, 4) is 0 Å². The van der Waals surface area contributed by atoms with E-state index in [1.807, 2.05) is 12.2 Å². The van der Waals surface area contributed by atoms with Gasteiger partial charge in [-0.1, -0.05) is 89.6 Å². The van der Waals surface area contributed by atoms with Crippen molar-refractivity contribution in [2.24, 2.45) is 5.41 Å². The van der Waals surface area contributed by atoms with Crippen LogP contribution < -0.4 is 35.9 Å². The summed E-state index contributed by atoms with van der Waals surface area (Å²) in [6, 6.07) is 0. The summed E-state index contributed by atoms with van der Waals surface area (Å²) >= 11 is 1.09. The van der Waals surface area contributed by atoms with Gasteiger partial charge in [-0.25, -0.2) is 19.3 Å². The summed E-state index contributed by atoms with van der Waals surface area (Å²) in [5.74, 6) is -1.18. The minimum absolute atomic E-state index is 0.0198. The van der Waals surface area contributed by atoms with Gasteiger partial charge in [-0.05, 0) is 12.8 Å². The molecule has 0 aromatic carbocycles. The van der Waals surface area contributed by atoms with Crippen LogP contribution in [0.25, 0.3) is 11.2 Å². The zero-order valence-electron chi connectivity index (χ0n) is 35.1. The van der Waals surface area contributed by atoms with E-state index in [2.05, 4.69) is 50.4 Å². The number of imidazole rings is 1. The van der Waals surface area contributed by atoms with Crippen LogP contribution in [0.4, 0.5) is 5.82 Å². The van der Waals surface area contributed by atoms with Crippen molar-refractivity contribution in [1.82, 2.24) is 30.2 Å². The lowest BCUT2D eigenvalue weighted by molar-refractivity contribution is -0.347. The van der Waals surface area contributed by atoms with Gasteiger partial charge in [0.05, 0.1) is 27.4 Å². The lowest BCUT2D eigenvalue weighted by Gasteiger charge is -2.36. The fourth-order valence-corrected chi connectivity index (χ4v) is 9.41. The van der Waals surface area contributed by atoms with Crippen LogP contribution in [0, 0.1) is 5.41 Å². The maximum Gasteiger partial charge on any atom is 0.274 e. The van der Waals surface area contributed by atoms with Crippen molar-refractivity contribution in [3.63, 3.8) is 0 Å². The number of hydrogen-bond donors (Lipinski definition) is 5. The molecule has 2 aromatic heterocycles. The first-order valence-electron chi connectivity index (χ1n) is 20.2. The molecule has 3 heterocycles. The van der Waals surface area contributed by atoms with Gasteiger partial charge in [0.1, 0.15) is 36.3 Å². The first-order valence-corrected chi connectivity index (χ1v) is 25.5. The number of nitrogens with one attached hydrogen (secondary N) is 2. The number of allylic oxidation sites excluding steroid dienone is 2. The van der Waals surface area contributed by atoms with Crippen LogP contribution in [-0.4, -0.2) is 103 Å². The Morgan fingerprint density at radius 2 is 1.65 bits per heavy atom.